The van der Waals surface area contributed by atoms with E-state index in [4.69, 9.17) is 14.2 Å². The highest BCUT2D eigenvalue weighted by atomic mass is 16.6. The Bertz CT molecular complexity index is 1280. The smallest absolute Gasteiger partial charge is 0.306 e. The van der Waals surface area contributed by atoms with Crippen molar-refractivity contribution in [2.45, 2.75) is 444 Å². The van der Waals surface area contributed by atoms with Gasteiger partial charge in [-0.15, -0.1) is 0 Å². The van der Waals surface area contributed by atoms with Crippen molar-refractivity contribution in [3.05, 3.63) is 12.2 Å². The van der Waals surface area contributed by atoms with Crippen molar-refractivity contribution in [2.75, 3.05) is 13.2 Å². The molecule has 0 rings (SSSR count). The molecule has 0 aromatic carbocycles. The highest BCUT2D eigenvalue weighted by Gasteiger charge is 2.20. The molecule has 0 aliphatic rings. The zero-order chi connectivity index (χ0) is 59.2. The average molecular weight is 1160 g/mol. The molecule has 486 valence electrons. The molecule has 6 nitrogen and oxygen atoms in total. The first-order chi connectivity index (χ1) is 40.5. The highest BCUT2D eigenvalue weighted by Crippen LogP contribution is 2.20. The second kappa shape index (κ2) is 71.6. The number of rotatable bonds is 71. The van der Waals surface area contributed by atoms with Gasteiger partial charge in [-0.1, -0.05) is 386 Å². The van der Waals surface area contributed by atoms with E-state index in [1.165, 1.54) is 340 Å². The Balaban J connectivity index is 4.08. The Morgan fingerprint density at radius 3 is 0.610 bits per heavy atom. The van der Waals surface area contributed by atoms with E-state index in [2.05, 4.69) is 32.9 Å². The zero-order valence-electron chi connectivity index (χ0n) is 56.1. The summed E-state index contributed by atoms with van der Waals surface area (Å²) in [5.74, 6) is -0.827. The van der Waals surface area contributed by atoms with Crippen LogP contribution in [-0.2, 0) is 28.6 Å². The monoisotopic (exact) mass is 1160 g/mol. The van der Waals surface area contributed by atoms with Gasteiger partial charge in [0.05, 0.1) is 0 Å². The van der Waals surface area contributed by atoms with Crippen molar-refractivity contribution >= 4 is 17.9 Å². The predicted octanol–water partition coefficient (Wildman–Crippen LogP) is 26.0. The summed E-state index contributed by atoms with van der Waals surface area (Å²) in [4.78, 5) is 38.4. The minimum Gasteiger partial charge on any atom is -0.462 e. The number of allylic oxidation sites excluding steroid dienone is 2. The minimum atomic E-state index is -0.765. The average Bonchev–Trinajstić information content (AvgIpc) is 3.48. The lowest BCUT2D eigenvalue weighted by molar-refractivity contribution is -0.167. The van der Waals surface area contributed by atoms with Gasteiger partial charge in [-0.05, 0) is 44.9 Å². The summed E-state index contributed by atoms with van der Waals surface area (Å²) in [6, 6.07) is 0. The molecule has 0 spiro atoms. The van der Waals surface area contributed by atoms with E-state index in [0.717, 1.165) is 57.8 Å². The van der Waals surface area contributed by atoms with E-state index in [-0.39, 0.29) is 31.1 Å². The van der Waals surface area contributed by atoms with E-state index in [1.54, 1.807) is 0 Å². The van der Waals surface area contributed by atoms with Crippen molar-refractivity contribution in [1.82, 2.24) is 0 Å². The summed E-state index contributed by atoms with van der Waals surface area (Å²) in [5.41, 5.74) is 0. The summed E-state index contributed by atoms with van der Waals surface area (Å²) >= 11 is 0. The summed E-state index contributed by atoms with van der Waals surface area (Å²) in [6.45, 7) is 6.72. The highest BCUT2D eigenvalue weighted by molar-refractivity contribution is 5.71. The van der Waals surface area contributed by atoms with Crippen LogP contribution in [0.1, 0.15) is 438 Å². The molecule has 0 bridgehead atoms. The van der Waals surface area contributed by atoms with Gasteiger partial charge >= 0.3 is 17.9 Å². The third-order valence-corrected chi connectivity index (χ3v) is 17.5. The van der Waals surface area contributed by atoms with E-state index in [9.17, 15) is 14.4 Å². The van der Waals surface area contributed by atoms with Gasteiger partial charge in [0.1, 0.15) is 13.2 Å². The molecule has 0 saturated heterocycles. The fourth-order valence-electron chi connectivity index (χ4n) is 11.9. The zero-order valence-corrected chi connectivity index (χ0v) is 56.1. The van der Waals surface area contributed by atoms with E-state index in [0.29, 0.717) is 19.3 Å². The quantitative estimate of drug-likeness (QED) is 0.0261. The second-order valence-electron chi connectivity index (χ2n) is 25.9. The van der Waals surface area contributed by atoms with Gasteiger partial charge < -0.3 is 14.2 Å². The van der Waals surface area contributed by atoms with E-state index >= 15 is 0 Å². The first kappa shape index (κ1) is 80.2. The van der Waals surface area contributed by atoms with Crippen LogP contribution in [0.3, 0.4) is 0 Å². The predicted molar refractivity (Wildman–Crippen MR) is 358 cm³/mol. The van der Waals surface area contributed by atoms with Crippen LogP contribution < -0.4 is 0 Å². The van der Waals surface area contributed by atoms with Gasteiger partial charge in [-0.3, -0.25) is 14.4 Å². The fourth-order valence-corrected chi connectivity index (χ4v) is 11.9. The maximum absolute atomic E-state index is 13.0. The van der Waals surface area contributed by atoms with Gasteiger partial charge in [-0.2, -0.15) is 0 Å². The lowest BCUT2D eigenvalue weighted by Gasteiger charge is -2.18. The van der Waals surface area contributed by atoms with Gasteiger partial charge in [-0.25, -0.2) is 0 Å². The number of ether oxygens (including phenoxy) is 3. The molecule has 0 saturated carbocycles. The van der Waals surface area contributed by atoms with Crippen LogP contribution in [0.2, 0.25) is 0 Å². The molecule has 0 aliphatic heterocycles. The lowest BCUT2D eigenvalue weighted by atomic mass is 10.0. The molecule has 0 radical (unpaired) electrons. The van der Waals surface area contributed by atoms with Gasteiger partial charge in [0.15, 0.2) is 6.10 Å². The van der Waals surface area contributed by atoms with E-state index < -0.39 is 6.10 Å². The van der Waals surface area contributed by atoms with E-state index in [1.807, 2.05) is 0 Å². The number of hydrogen-bond donors (Lipinski definition) is 0. The topological polar surface area (TPSA) is 78.9 Å². The summed E-state index contributed by atoms with van der Waals surface area (Å²) < 4.78 is 17.0. The van der Waals surface area contributed by atoms with Crippen LogP contribution in [0.4, 0.5) is 0 Å². The molecule has 0 N–H and O–H groups in total. The van der Waals surface area contributed by atoms with Crippen LogP contribution in [0, 0.1) is 0 Å². The largest absolute Gasteiger partial charge is 0.462 e. The molecular weight excluding hydrogens is 1010 g/mol. The number of carbonyl (C=O) groups excluding carboxylic acids is 3. The van der Waals surface area contributed by atoms with Crippen LogP contribution in [0.25, 0.3) is 0 Å². The van der Waals surface area contributed by atoms with Crippen molar-refractivity contribution in [2.24, 2.45) is 0 Å². The summed E-state index contributed by atoms with van der Waals surface area (Å²) in [6.07, 6.45) is 87.1. The third-order valence-electron chi connectivity index (χ3n) is 17.5. The van der Waals surface area contributed by atoms with Gasteiger partial charge in [0.2, 0.25) is 0 Å². The summed E-state index contributed by atoms with van der Waals surface area (Å²) in [5, 5.41) is 0. The van der Waals surface area contributed by atoms with Crippen LogP contribution >= 0.6 is 0 Å². The SMILES string of the molecule is CCCCCCCCCC/C=C\CCCCCCCCCCCCCCCCCC(=O)OCC(COC(=O)CCCCCCCCCCCC)OC(=O)CCCCCCCCCCCCCCCCCCCCCCCCCCCCC. The third kappa shape index (κ3) is 68.9. The maximum Gasteiger partial charge on any atom is 0.306 e. The van der Waals surface area contributed by atoms with Crippen molar-refractivity contribution in [1.29, 1.82) is 0 Å². The minimum absolute atomic E-state index is 0.0625. The Morgan fingerprint density at radius 1 is 0.232 bits per heavy atom. The fraction of sp³-hybridized carbons (Fsp3) is 0.934. The van der Waals surface area contributed by atoms with Gasteiger partial charge in [0.25, 0.3) is 0 Å². The molecule has 0 amide bonds. The Hall–Kier alpha value is -1.85. The summed E-state index contributed by atoms with van der Waals surface area (Å²) in [7, 11) is 0. The second-order valence-corrected chi connectivity index (χ2v) is 25.9. The van der Waals surface area contributed by atoms with Crippen molar-refractivity contribution < 1.29 is 28.6 Å². The lowest BCUT2D eigenvalue weighted by Crippen LogP contribution is -2.30. The van der Waals surface area contributed by atoms with Crippen molar-refractivity contribution in [3.63, 3.8) is 0 Å². The molecule has 0 heterocycles. The molecule has 6 heteroatoms. The molecule has 0 aromatic heterocycles. The van der Waals surface area contributed by atoms with Gasteiger partial charge in [0, 0.05) is 19.3 Å². The molecule has 0 fully saturated rings. The van der Waals surface area contributed by atoms with Crippen LogP contribution in [-0.4, -0.2) is 37.2 Å². The maximum atomic E-state index is 13.0. The molecule has 82 heavy (non-hydrogen) atoms. The standard InChI is InChI=1S/C76H146O6/c1-4-7-10-13-16-19-22-24-26-28-30-32-34-36-38-40-42-44-46-48-50-52-54-57-60-63-66-69-75(78)81-72-73(71-80-74(77)68-65-62-59-56-21-18-15-12-9-6-3)82-76(79)70-67-64-61-58-55-53-51-49-47-45-43-41-39-37-35-33-31-29-27-25-23-20-17-14-11-8-5-2/h28,30,73H,4-27,29,31-72H2,1-3H3/b30-28-. The molecule has 0 aliphatic carbocycles. The Kier molecular flexibility index (Phi) is 70.0. The molecular formula is C76H146O6. The van der Waals surface area contributed by atoms with Crippen molar-refractivity contribution in [3.8, 4) is 0 Å². The molecule has 1 atom stereocenters. The first-order valence-corrected chi connectivity index (χ1v) is 37.7. The molecule has 0 aromatic rings. The van der Waals surface area contributed by atoms with Crippen LogP contribution in [0.15, 0.2) is 12.2 Å². The Morgan fingerprint density at radius 2 is 0.402 bits per heavy atom. The molecule has 1 unspecified atom stereocenters. The number of hydrogen-bond acceptors (Lipinski definition) is 6. The first-order valence-electron chi connectivity index (χ1n) is 37.7. The normalized spacial score (nSPS) is 12.0. The number of carbonyl (C=O) groups is 3. The van der Waals surface area contributed by atoms with Crippen LogP contribution in [0.5, 0.6) is 0 Å². The Labute approximate surface area is 513 Å². The number of unbranched alkanes of at least 4 members (excludes halogenated alkanes) is 58. The number of esters is 3.